The van der Waals surface area contributed by atoms with Gasteiger partial charge in [-0.3, -0.25) is 9.69 Å². The smallest absolute Gasteiger partial charge is 0.222 e. The zero-order valence-corrected chi connectivity index (χ0v) is 14.6. The Balaban J connectivity index is 1.56. The number of carbonyl (C=O) groups is 1. The molecular formula is C18H26N2O4. The van der Waals surface area contributed by atoms with Gasteiger partial charge in [0.25, 0.3) is 0 Å². The van der Waals surface area contributed by atoms with E-state index in [9.17, 15) is 4.79 Å². The van der Waals surface area contributed by atoms with Crippen molar-refractivity contribution in [2.45, 2.75) is 31.6 Å². The topological polar surface area (TPSA) is 60.0 Å². The van der Waals surface area contributed by atoms with Crippen LogP contribution in [0.5, 0.6) is 11.5 Å². The fraction of sp³-hybridized carbons (Fsp3) is 0.611. The Bertz CT molecular complexity index is 556. The van der Waals surface area contributed by atoms with Gasteiger partial charge in [-0.15, -0.1) is 0 Å². The molecule has 2 heterocycles. The van der Waals surface area contributed by atoms with E-state index in [1.54, 1.807) is 21.3 Å². The summed E-state index contributed by atoms with van der Waals surface area (Å²) in [6, 6.07) is 5.98. The van der Waals surface area contributed by atoms with Crippen molar-refractivity contribution in [3.05, 3.63) is 23.8 Å². The average molecular weight is 334 g/mol. The van der Waals surface area contributed by atoms with Crippen LogP contribution in [0.2, 0.25) is 0 Å². The van der Waals surface area contributed by atoms with Gasteiger partial charge < -0.3 is 19.5 Å². The van der Waals surface area contributed by atoms with Gasteiger partial charge in [0.05, 0.1) is 32.8 Å². The Hall–Kier alpha value is -1.79. The van der Waals surface area contributed by atoms with E-state index in [0.29, 0.717) is 12.3 Å². The summed E-state index contributed by atoms with van der Waals surface area (Å²) in [4.78, 5) is 13.9. The molecule has 0 unspecified atom stereocenters. The third-order valence-corrected chi connectivity index (χ3v) is 4.90. The Kier molecular flexibility index (Phi) is 5.26. The maximum atomic E-state index is 11.5. The number of benzene rings is 1. The zero-order chi connectivity index (χ0) is 17.1. The third-order valence-electron chi connectivity index (χ3n) is 4.90. The van der Waals surface area contributed by atoms with Gasteiger partial charge in [0.15, 0.2) is 0 Å². The van der Waals surface area contributed by atoms with Crippen molar-refractivity contribution < 1.29 is 19.0 Å². The molecule has 2 fully saturated rings. The van der Waals surface area contributed by atoms with Gasteiger partial charge >= 0.3 is 0 Å². The quantitative estimate of drug-likeness (QED) is 0.853. The number of carbonyl (C=O) groups excluding carboxylic acids is 1. The number of nitrogens with one attached hydrogen (secondary N) is 1. The highest BCUT2D eigenvalue weighted by atomic mass is 16.5. The largest absolute Gasteiger partial charge is 0.497 e. The SMILES string of the molecule is CNC(=O)C[C@H]1C[C@H]2CN(Cc3cc(OC)cc(OC)c3)C[C@H]2O1. The Labute approximate surface area is 143 Å². The molecule has 1 N–H and O–H groups in total. The molecule has 2 aliphatic rings. The first-order valence-electron chi connectivity index (χ1n) is 8.41. The van der Waals surface area contributed by atoms with Crippen molar-refractivity contribution in [1.29, 1.82) is 0 Å². The van der Waals surface area contributed by atoms with Gasteiger partial charge in [0.2, 0.25) is 5.91 Å². The number of hydrogen-bond donors (Lipinski definition) is 1. The molecule has 1 aromatic carbocycles. The second-order valence-corrected chi connectivity index (χ2v) is 6.58. The van der Waals surface area contributed by atoms with E-state index < -0.39 is 0 Å². The molecule has 0 aliphatic carbocycles. The van der Waals surface area contributed by atoms with E-state index >= 15 is 0 Å². The first-order chi connectivity index (χ1) is 11.6. The van der Waals surface area contributed by atoms with Gasteiger partial charge in [0.1, 0.15) is 11.5 Å². The molecule has 0 radical (unpaired) electrons. The monoisotopic (exact) mass is 334 g/mol. The van der Waals surface area contributed by atoms with Crippen LogP contribution in [0.25, 0.3) is 0 Å². The molecule has 24 heavy (non-hydrogen) atoms. The molecule has 6 heteroatoms. The van der Waals surface area contributed by atoms with Gasteiger partial charge in [-0.05, 0) is 24.1 Å². The predicted octanol–water partition coefficient (Wildman–Crippen LogP) is 1.43. The van der Waals surface area contributed by atoms with Crippen LogP contribution < -0.4 is 14.8 Å². The molecule has 2 saturated heterocycles. The van der Waals surface area contributed by atoms with Crippen molar-refractivity contribution in [2.24, 2.45) is 5.92 Å². The number of amides is 1. The molecule has 0 spiro atoms. The van der Waals surface area contributed by atoms with E-state index in [0.717, 1.165) is 37.6 Å². The second-order valence-electron chi connectivity index (χ2n) is 6.58. The minimum absolute atomic E-state index is 0.0558. The predicted molar refractivity (Wildman–Crippen MR) is 90.3 cm³/mol. The van der Waals surface area contributed by atoms with Crippen LogP contribution in [0.15, 0.2) is 18.2 Å². The van der Waals surface area contributed by atoms with Crippen LogP contribution in [0.1, 0.15) is 18.4 Å². The van der Waals surface area contributed by atoms with Crippen LogP contribution in [-0.4, -0.2) is 57.4 Å². The highest BCUT2D eigenvalue weighted by Gasteiger charge is 2.42. The lowest BCUT2D eigenvalue weighted by molar-refractivity contribution is -0.123. The van der Waals surface area contributed by atoms with Crippen molar-refractivity contribution in [3.8, 4) is 11.5 Å². The Morgan fingerprint density at radius 3 is 2.54 bits per heavy atom. The highest BCUT2D eigenvalue weighted by molar-refractivity contribution is 5.76. The van der Waals surface area contributed by atoms with Crippen LogP contribution in [0, 0.1) is 5.92 Å². The number of hydrogen-bond acceptors (Lipinski definition) is 5. The summed E-state index contributed by atoms with van der Waals surface area (Å²) in [7, 11) is 5.00. The molecule has 3 atom stereocenters. The van der Waals surface area contributed by atoms with E-state index in [-0.39, 0.29) is 18.1 Å². The fourth-order valence-corrected chi connectivity index (χ4v) is 3.73. The molecule has 132 valence electrons. The van der Waals surface area contributed by atoms with Gasteiger partial charge in [0, 0.05) is 38.7 Å². The number of rotatable bonds is 6. The Morgan fingerprint density at radius 1 is 1.25 bits per heavy atom. The molecular weight excluding hydrogens is 308 g/mol. The summed E-state index contributed by atoms with van der Waals surface area (Å²) >= 11 is 0. The first-order valence-corrected chi connectivity index (χ1v) is 8.41. The van der Waals surface area contributed by atoms with E-state index in [2.05, 4.69) is 10.2 Å². The van der Waals surface area contributed by atoms with Crippen LogP contribution >= 0.6 is 0 Å². The van der Waals surface area contributed by atoms with Gasteiger partial charge in [-0.25, -0.2) is 0 Å². The Morgan fingerprint density at radius 2 is 1.96 bits per heavy atom. The second kappa shape index (κ2) is 7.40. The summed E-state index contributed by atoms with van der Waals surface area (Å²) in [5.41, 5.74) is 1.17. The molecule has 6 nitrogen and oxygen atoms in total. The zero-order valence-electron chi connectivity index (χ0n) is 14.6. The summed E-state index contributed by atoms with van der Waals surface area (Å²) in [5.74, 6) is 2.20. The summed E-state index contributed by atoms with van der Waals surface area (Å²) in [6.07, 6.45) is 1.75. The number of fused-ring (bicyclic) bond motifs is 1. The maximum absolute atomic E-state index is 11.5. The average Bonchev–Trinajstić information content (AvgIpc) is 3.11. The van der Waals surface area contributed by atoms with Crippen LogP contribution in [-0.2, 0) is 16.1 Å². The molecule has 3 rings (SSSR count). The van der Waals surface area contributed by atoms with Crippen molar-refractivity contribution >= 4 is 5.91 Å². The number of ether oxygens (including phenoxy) is 3. The maximum Gasteiger partial charge on any atom is 0.222 e. The van der Waals surface area contributed by atoms with E-state index in [1.807, 2.05) is 18.2 Å². The lowest BCUT2D eigenvalue weighted by atomic mass is 10.0. The lowest BCUT2D eigenvalue weighted by Gasteiger charge is -2.19. The van der Waals surface area contributed by atoms with E-state index in [1.165, 1.54) is 5.56 Å². The normalized spacial score (nSPS) is 26.2. The number of likely N-dealkylation sites (tertiary alicyclic amines) is 1. The van der Waals surface area contributed by atoms with Crippen molar-refractivity contribution in [1.82, 2.24) is 10.2 Å². The molecule has 0 bridgehead atoms. The summed E-state index contributed by atoms with van der Waals surface area (Å²) in [5, 5.41) is 2.67. The van der Waals surface area contributed by atoms with Gasteiger partial charge in [-0.2, -0.15) is 0 Å². The van der Waals surface area contributed by atoms with Crippen molar-refractivity contribution in [3.63, 3.8) is 0 Å². The minimum atomic E-state index is 0.0558. The third kappa shape index (κ3) is 3.82. The number of nitrogens with zero attached hydrogens (tertiary/aromatic N) is 1. The fourth-order valence-electron chi connectivity index (χ4n) is 3.73. The van der Waals surface area contributed by atoms with E-state index in [4.69, 9.17) is 14.2 Å². The van der Waals surface area contributed by atoms with Crippen LogP contribution in [0.4, 0.5) is 0 Å². The first kappa shape index (κ1) is 17.0. The summed E-state index contributed by atoms with van der Waals surface area (Å²) < 4.78 is 16.7. The highest BCUT2D eigenvalue weighted by Crippen LogP contribution is 2.35. The van der Waals surface area contributed by atoms with Gasteiger partial charge in [-0.1, -0.05) is 0 Å². The number of methoxy groups -OCH3 is 2. The molecule has 1 aromatic rings. The molecule has 0 aromatic heterocycles. The molecule has 2 aliphatic heterocycles. The van der Waals surface area contributed by atoms with Crippen molar-refractivity contribution in [2.75, 3.05) is 34.4 Å². The minimum Gasteiger partial charge on any atom is -0.497 e. The standard InChI is InChI=1S/C18H26N2O4/c1-19-18(21)8-16-6-13-10-20(11-17(13)24-16)9-12-4-14(22-2)7-15(5-12)23-3/h4-5,7,13,16-17H,6,8-11H2,1-3H3,(H,19,21)/t13-,16+,17+/m0/s1. The summed E-state index contributed by atoms with van der Waals surface area (Å²) in [6.45, 7) is 2.77. The molecule has 0 saturated carbocycles. The molecule has 1 amide bonds. The lowest BCUT2D eigenvalue weighted by Crippen LogP contribution is -2.28. The van der Waals surface area contributed by atoms with Crippen LogP contribution in [0.3, 0.4) is 0 Å².